The normalized spacial score (nSPS) is 15.6. The van der Waals surface area contributed by atoms with Gasteiger partial charge in [-0.15, -0.1) is 0 Å². The van der Waals surface area contributed by atoms with Crippen LogP contribution in [0.2, 0.25) is 0 Å². The van der Waals surface area contributed by atoms with Gasteiger partial charge in [0.2, 0.25) is 0 Å². The summed E-state index contributed by atoms with van der Waals surface area (Å²) in [5.41, 5.74) is 1.03. The van der Waals surface area contributed by atoms with Gasteiger partial charge in [0.15, 0.2) is 12.2 Å². The molecule has 2 heterocycles. The maximum Gasteiger partial charge on any atom is 0.181 e. The molecular weight excluding hydrogens is 116 g/mol. The van der Waals surface area contributed by atoms with Crippen LogP contribution in [0.25, 0.3) is 0 Å². The molecule has 0 saturated carbocycles. The number of aliphatic imine (C=N–C) groups is 1. The van der Waals surface area contributed by atoms with Crippen molar-refractivity contribution in [2.45, 2.75) is 6.42 Å². The van der Waals surface area contributed by atoms with Gasteiger partial charge in [0, 0.05) is 13.0 Å². The van der Waals surface area contributed by atoms with Crippen LogP contribution in [-0.4, -0.2) is 17.7 Å². The molecule has 0 aliphatic carbocycles. The topological polar surface area (TPSA) is 38.4 Å². The van der Waals surface area contributed by atoms with Gasteiger partial charge in [-0.2, -0.15) is 0 Å². The van der Waals surface area contributed by atoms with Crippen LogP contribution in [0.1, 0.15) is 11.5 Å². The van der Waals surface area contributed by atoms with Gasteiger partial charge in [0.1, 0.15) is 0 Å². The van der Waals surface area contributed by atoms with Crippen molar-refractivity contribution in [3.63, 3.8) is 0 Å². The Bertz CT molecular complexity index is 239. The van der Waals surface area contributed by atoms with E-state index in [1.807, 2.05) is 0 Å². The molecule has 0 aromatic carbocycles. The van der Waals surface area contributed by atoms with E-state index in [0.29, 0.717) is 0 Å². The van der Waals surface area contributed by atoms with E-state index >= 15 is 0 Å². The molecule has 0 atom stereocenters. The van der Waals surface area contributed by atoms with Gasteiger partial charge in [-0.3, -0.25) is 4.99 Å². The van der Waals surface area contributed by atoms with E-state index in [-0.39, 0.29) is 0 Å². The van der Waals surface area contributed by atoms with Crippen LogP contribution < -0.4 is 0 Å². The number of oxazole rings is 1. The SMILES string of the molecule is C1=NCCc2ncoc21. The third-order valence-electron chi connectivity index (χ3n) is 1.36. The zero-order valence-corrected chi connectivity index (χ0v) is 4.87. The lowest BCUT2D eigenvalue weighted by Gasteiger charge is -1.97. The molecule has 3 heteroatoms. The number of fused-ring (bicyclic) bond motifs is 1. The molecule has 0 radical (unpaired) electrons. The molecule has 2 rings (SSSR count). The summed E-state index contributed by atoms with van der Waals surface area (Å²) in [5.74, 6) is 0.821. The van der Waals surface area contributed by atoms with E-state index in [4.69, 9.17) is 4.42 Å². The number of rotatable bonds is 0. The van der Waals surface area contributed by atoms with E-state index < -0.39 is 0 Å². The molecule has 46 valence electrons. The minimum absolute atomic E-state index is 0.821. The molecule has 0 amide bonds. The Balaban J connectivity index is 2.53. The lowest BCUT2D eigenvalue weighted by molar-refractivity contribution is 0.547. The van der Waals surface area contributed by atoms with Crippen LogP contribution in [0.3, 0.4) is 0 Å². The fourth-order valence-electron chi connectivity index (χ4n) is 0.889. The summed E-state index contributed by atoms with van der Waals surface area (Å²) in [7, 11) is 0. The van der Waals surface area contributed by atoms with Gasteiger partial charge >= 0.3 is 0 Å². The molecular formula is C6H6N2O. The third kappa shape index (κ3) is 0.650. The van der Waals surface area contributed by atoms with Gasteiger partial charge in [-0.1, -0.05) is 0 Å². The molecule has 0 spiro atoms. The second kappa shape index (κ2) is 1.69. The van der Waals surface area contributed by atoms with Crippen molar-refractivity contribution in [2.75, 3.05) is 6.54 Å². The maximum absolute atomic E-state index is 5.00. The monoisotopic (exact) mass is 122 g/mol. The van der Waals surface area contributed by atoms with E-state index in [0.717, 1.165) is 24.4 Å². The fraction of sp³-hybridized carbons (Fsp3) is 0.333. The van der Waals surface area contributed by atoms with E-state index in [9.17, 15) is 0 Å². The predicted octanol–water partition coefficient (Wildman–Crippen LogP) is 0.650. The largest absolute Gasteiger partial charge is 0.442 e. The second-order valence-electron chi connectivity index (χ2n) is 1.95. The average molecular weight is 122 g/mol. The summed E-state index contributed by atoms with van der Waals surface area (Å²) < 4.78 is 5.00. The van der Waals surface area contributed by atoms with E-state index in [1.165, 1.54) is 6.39 Å². The Morgan fingerprint density at radius 3 is 3.44 bits per heavy atom. The lowest BCUT2D eigenvalue weighted by atomic mass is 10.2. The molecule has 9 heavy (non-hydrogen) atoms. The number of aromatic nitrogens is 1. The Hall–Kier alpha value is -1.12. The third-order valence-corrected chi connectivity index (χ3v) is 1.36. The highest BCUT2D eigenvalue weighted by Crippen LogP contribution is 2.08. The van der Waals surface area contributed by atoms with Crippen molar-refractivity contribution in [3.05, 3.63) is 17.8 Å². The molecule has 1 aliphatic heterocycles. The first-order chi connectivity index (χ1) is 4.47. The molecule has 1 aliphatic rings. The summed E-state index contributed by atoms with van der Waals surface area (Å²) in [4.78, 5) is 8.03. The van der Waals surface area contributed by atoms with Crippen LogP contribution in [-0.2, 0) is 6.42 Å². The van der Waals surface area contributed by atoms with Crippen LogP contribution in [0.15, 0.2) is 15.8 Å². The van der Waals surface area contributed by atoms with Gasteiger partial charge < -0.3 is 4.42 Å². The molecule has 0 unspecified atom stereocenters. The smallest absolute Gasteiger partial charge is 0.181 e. The van der Waals surface area contributed by atoms with Crippen LogP contribution >= 0.6 is 0 Å². The Morgan fingerprint density at radius 1 is 1.56 bits per heavy atom. The predicted molar refractivity (Wildman–Crippen MR) is 32.7 cm³/mol. The highest BCUT2D eigenvalue weighted by molar-refractivity contribution is 5.78. The van der Waals surface area contributed by atoms with Crippen molar-refractivity contribution in [1.29, 1.82) is 0 Å². The first kappa shape index (κ1) is 4.73. The zero-order chi connectivity index (χ0) is 6.10. The number of hydrogen-bond acceptors (Lipinski definition) is 3. The minimum Gasteiger partial charge on any atom is -0.442 e. The first-order valence-corrected chi connectivity index (χ1v) is 2.89. The Morgan fingerprint density at radius 2 is 2.56 bits per heavy atom. The van der Waals surface area contributed by atoms with Crippen LogP contribution in [0.5, 0.6) is 0 Å². The number of hydrogen-bond donors (Lipinski definition) is 0. The van der Waals surface area contributed by atoms with Crippen molar-refractivity contribution in [2.24, 2.45) is 4.99 Å². The average Bonchev–Trinajstić information content (AvgIpc) is 2.33. The van der Waals surface area contributed by atoms with Crippen molar-refractivity contribution >= 4 is 6.21 Å². The molecule has 0 N–H and O–H groups in total. The zero-order valence-electron chi connectivity index (χ0n) is 4.87. The van der Waals surface area contributed by atoms with Gasteiger partial charge in [-0.25, -0.2) is 4.98 Å². The maximum atomic E-state index is 5.00. The van der Waals surface area contributed by atoms with Crippen LogP contribution in [0, 0.1) is 0 Å². The summed E-state index contributed by atoms with van der Waals surface area (Å²) >= 11 is 0. The van der Waals surface area contributed by atoms with E-state index in [1.54, 1.807) is 6.21 Å². The Labute approximate surface area is 52.4 Å². The minimum atomic E-state index is 0.821. The summed E-state index contributed by atoms with van der Waals surface area (Å²) in [6, 6.07) is 0. The van der Waals surface area contributed by atoms with Crippen molar-refractivity contribution in [3.8, 4) is 0 Å². The lowest BCUT2D eigenvalue weighted by Crippen LogP contribution is -2.00. The fourth-order valence-corrected chi connectivity index (χ4v) is 0.889. The van der Waals surface area contributed by atoms with Crippen molar-refractivity contribution in [1.82, 2.24) is 4.98 Å². The summed E-state index contributed by atoms with van der Waals surface area (Å²) in [6.07, 6.45) is 4.11. The molecule has 0 fully saturated rings. The quantitative estimate of drug-likeness (QED) is 0.506. The molecule has 3 nitrogen and oxygen atoms in total. The highest BCUT2D eigenvalue weighted by Gasteiger charge is 2.07. The summed E-state index contributed by atoms with van der Waals surface area (Å²) in [5, 5.41) is 0. The van der Waals surface area contributed by atoms with Crippen molar-refractivity contribution < 1.29 is 4.42 Å². The van der Waals surface area contributed by atoms with E-state index in [2.05, 4.69) is 9.98 Å². The first-order valence-electron chi connectivity index (χ1n) is 2.89. The van der Waals surface area contributed by atoms with Gasteiger partial charge in [0.25, 0.3) is 0 Å². The Kier molecular flexibility index (Phi) is 0.886. The summed E-state index contributed by atoms with van der Waals surface area (Å²) in [6.45, 7) is 0.847. The van der Waals surface area contributed by atoms with Gasteiger partial charge in [0.05, 0.1) is 11.9 Å². The standard InChI is InChI=1S/C6H6N2O/c1-2-7-3-6-5(1)8-4-9-6/h3-4H,1-2H2. The highest BCUT2D eigenvalue weighted by atomic mass is 16.3. The number of nitrogens with zero attached hydrogens (tertiary/aromatic N) is 2. The van der Waals surface area contributed by atoms with Crippen LogP contribution in [0.4, 0.5) is 0 Å². The second-order valence-corrected chi connectivity index (χ2v) is 1.95. The molecule has 1 aromatic rings. The molecule has 1 aromatic heterocycles. The molecule has 0 saturated heterocycles. The van der Waals surface area contributed by atoms with Gasteiger partial charge in [-0.05, 0) is 0 Å². The molecule has 0 bridgehead atoms.